The zero-order valence-corrected chi connectivity index (χ0v) is 7.14. The maximum atomic E-state index is 2.41. The molecule has 2 aliphatic heterocycles. The van der Waals surface area contributed by atoms with Crippen molar-refractivity contribution in [2.75, 3.05) is 19.6 Å². The second kappa shape index (κ2) is 1.97. The fraction of sp³-hybridized carbons (Fsp3) is 1.00. The van der Waals surface area contributed by atoms with E-state index in [1.165, 1.54) is 37.0 Å². The van der Waals surface area contributed by atoms with Crippen LogP contribution in [0.25, 0.3) is 0 Å². The van der Waals surface area contributed by atoms with Gasteiger partial charge in [-0.05, 0) is 19.8 Å². The van der Waals surface area contributed by atoms with Crippen LogP contribution in [0, 0.1) is 5.92 Å². The Balaban J connectivity index is 1.99. The Bertz CT molecular complexity index is 144. The van der Waals surface area contributed by atoms with Gasteiger partial charge < -0.3 is 4.48 Å². The molecule has 0 bridgehead atoms. The summed E-state index contributed by atoms with van der Waals surface area (Å²) in [5, 5.41) is 0. The van der Waals surface area contributed by atoms with Crippen molar-refractivity contribution in [3.8, 4) is 0 Å². The van der Waals surface area contributed by atoms with E-state index in [0.29, 0.717) is 0 Å². The molecule has 0 aromatic carbocycles. The molecule has 0 aromatic rings. The number of hydrogen-bond donors (Lipinski definition) is 0. The van der Waals surface area contributed by atoms with Crippen molar-refractivity contribution in [1.29, 1.82) is 0 Å². The Morgan fingerprint density at radius 3 is 2.30 bits per heavy atom. The number of rotatable bonds is 0. The molecule has 2 rings (SSSR count). The summed E-state index contributed by atoms with van der Waals surface area (Å²) in [6.07, 6.45) is 2.96. The maximum Gasteiger partial charge on any atom is 0.136 e. The molecule has 0 radical (unpaired) electrons. The molecule has 1 spiro atoms. The minimum atomic E-state index is 0.999. The van der Waals surface area contributed by atoms with Crippen LogP contribution in [0.1, 0.15) is 26.7 Å². The standard InChI is InChI=1S/C9H18N/c1-8-4-3-5-10(6-8)7-9(10)2/h8-9H,3-7H2,1-2H3/q+1. The Morgan fingerprint density at radius 1 is 1.20 bits per heavy atom. The minimum Gasteiger partial charge on any atom is -0.312 e. The van der Waals surface area contributed by atoms with Gasteiger partial charge in [0.25, 0.3) is 0 Å². The third kappa shape index (κ3) is 0.878. The Hall–Kier alpha value is -0.0400. The molecule has 58 valence electrons. The molecule has 3 unspecified atom stereocenters. The minimum absolute atomic E-state index is 0.999. The summed E-state index contributed by atoms with van der Waals surface area (Å²) in [5.41, 5.74) is 0. The SMILES string of the molecule is CC1CCC[N+]2(C1)CC2C. The summed E-state index contributed by atoms with van der Waals surface area (Å²) in [6.45, 7) is 9.24. The lowest BCUT2D eigenvalue weighted by Gasteiger charge is -2.28. The van der Waals surface area contributed by atoms with E-state index in [-0.39, 0.29) is 0 Å². The summed E-state index contributed by atoms with van der Waals surface area (Å²) in [6, 6.07) is 1.00. The van der Waals surface area contributed by atoms with Gasteiger partial charge in [-0.3, -0.25) is 0 Å². The van der Waals surface area contributed by atoms with Gasteiger partial charge in [0.2, 0.25) is 0 Å². The summed E-state index contributed by atoms with van der Waals surface area (Å²) in [7, 11) is 0. The van der Waals surface area contributed by atoms with E-state index in [2.05, 4.69) is 13.8 Å². The number of nitrogens with zero attached hydrogens (tertiary/aromatic N) is 1. The van der Waals surface area contributed by atoms with Crippen LogP contribution in [-0.4, -0.2) is 30.2 Å². The zero-order valence-electron chi connectivity index (χ0n) is 7.14. The van der Waals surface area contributed by atoms with Crippen LogP contribution in [0.3, 0.4) is 0 Å². The largest absolute Gasteiger partial charge is 0.312 e. The van der Waals surface area contributed by atoms with Crippen LogP contribution < -0.4 is 0 Å². The molecule has 0 amide bonds. The van der Waals surface area contributed by atoms with Gasteiger partial charge in [0.05, 0.1) is 13.1 Å². The normalized spacial score (nSPS) is 53.4. The van der Waals surface area contributed by atoms with Crippen molar-refractivity contribution in [2.24, 2.45) is 5.92 Å². The monoisotopic (exact) mass is 140 g/mol. The van der Waals surface area contributed by atoms with Crippen LogP contribution >= 0.6 is 0 Å². The van der Waals surface area contributed by atoms with E-state index in [1.54, 1.807) is 0 Å². The summed E-state index contributed by atoms with van der Waals surface area (Å²) < 4.78 is 1.47. The number of piperidine rings is 1. The van der Waals surface area contributed by atoms with E-state index in [4.69, 9.17) is 0 Å². The number of hydrogen-bond acceptors (Lipinski definition) is 0. The van der Waals surface area contributed by atoms with Crippen LogP contribution in [0.5, 0.6) is 0 Å². The summed E-state index contributed by atoms with van der Waals surface area (Å²) in [4.78, 5) is 0. The zero-order chi connectivity index (χ0) is 7.19. The molecular formula is C9H18N+. The second-order valence-electron chi connectivity index (χ2n) is 4.40. The van der Waals surface area contributed by atoms with Crippen molar-refractivity contribution in [2.45, 2.75) is 32.7 Å². The Morgan fingerprint density at radius 2 is 1.90 bits per heavy atom. The molecule has 10 heavy (non-hydrogen) atoms. The quantitative estimate of drug-likeness (QED) is 0.354. The lowest BCUT2D eigenvalue weighted by atomic mass is 10.0. The Kier molecular flexibility index (Phi) is 1.31. The van der Waals surface area contributed by atoms with Gasteiger partial charge in [0.1, 0.15) is 12.6 Å². The topological polar surface area (TPSA) is 0 Å². The predicted octanol–water partition coefficient (Wildman–Crippen LogP) is 1.64. The summed E-state index contributed by atoms with van der Waals surface area (Å²) in [5.74, 6) is 0.999. The van der Waals surface area contributed by atoms with Gasteiger partial charge >= 0.3 is 0 Å². The second-order valence-corrected chi connectivity index (χ2v) is 4.40. The first-order valence-electron chi connectivity index (χ1n) is 4.59. The van der Waals surface area contributed by atoms with Gasteiger partial charge in [-0.25, -0.2) is 0 Å². The fourth-order valence-corrected chi connectivity index (χ4v) is 2.60. The van der Waals surface area contributed by atoms with E-state index in [1.807, 2.05) is 0 Å². The first-order chi connectivity index (χ1) is 4.73. The number of quaternary nitrogens is 1. The van der Waals surface area contributed by atoms with Crippen LogP contribution in [0.15, 0.2) is 0 Å². The van der Waals surface area contributed by atoms with Crippen molar-refractivity contribution < 1.29 is 4.48 Å². The molecular weight excluding hydrogens is 122 g/mol. The molecule has 0 aromatic heterocycles. The van der Waals surface area contributed by atoms with Crippen molar-refractivity contribution in [3.63, 3.8) is 0 Å². The molecule has 2 fully saturated rings. The van der Waals surface area contributed by atoms with Crippen LogP contribution in [-0.2, 0) is 0 Å². The Labute approximate surface area is 63.6 Å². The van der Waals surface area contributed by atoms with Crippen molar-refractivity contribution >= 4 is 0 Å². The molecule has 1 nitrogen and oxygen atoms in total. The predicted molar refractivity (Wildman–Crippen MR) is 42.7 cm³/mol. The average Bonchev–Trinajstić information content (AvgIpc) is 2.41. The molecule has 2 saturated heterocycles. The lowest BCUT2D eigenvalue weighted by Crippen LogP contribution is -2.38. The van der Waals surface area contributed by atoms with Crippen LogP contribution in [0.4, 0.5) is 0 Å². The summed E-state index contributed by atoms with van der Waals surface area (Å²) >= 11 is 0. The van der Waals surface area contributed by atoms with Gasteiger partial charge in [-0.15, -0.1) is 0 Å². The third-order valence-electron chi connectivity index (χ3n) is 3.40. The highest BCUT2D eigenvalue weighted by Gasteiger charge is 2.52. The highest BCUT2D eigenvalue weighted by Crippen LogP contribution is 2.36. The van der Waals surface area contributed by atoms with Gasteiger partial charge in [-0.2, -0.15) is 0 Å². The molecule has 2 heterocycles. The van der Waals surface area contributed by atoms with E-state index >= 15 is 0 Å². The maximum absolute atomic E-state index is 2.41. The van der Waals surface area contributed by atoms with Crippen molar-refractivity contribution in [3.05, 3.63) is 0 Å². The first-order valence-corrected chi connectivity index (χ1v) is 4.59. The first kappa shape index (κ1) is 6.66. The molecule has 0 N–H and O–H groups in total. The highest BCUT2D eigenvalue weighted by atomic mass is 15.5. The lowest BCUT2D eigenvalue weighted by molar-refractivity contribution is -0.822. The molecule has 0 aliphatic carbocycles. The average molecular weight is 140 g/mol. The van der Waals surface area contributed by atoms with E-state index < -0.39 is 0 Å². The smallest absolute Gasteiger partial charge is 0.136 e. The fourth-order valence-electron chi connectivity index (χ4n) is 2.60. The van der Waals surface area contributed by atoms with Crippen LogP contribution in [0.2, 0.25) is 0 Å². The molecule has 3 atom stereocenters. The van der Waals surface area contributed by atoms with Crippen molar-refractivity contribution in [1.82, 2.24) is 0 Å². The molecule has 0 saturated carbocycles. The van der Waals surface area contributed by atoms with E-state index in [9.17, 15) is 0 Å². The van der Waals surface area contributed by atoms with Gasteiger partial charge in [0, 0.05) is 5.92 Å². The highest BCUT2D eigenvalue weighted by molar-refractivity contribution is 4.74. The third-order valence-corrected chi connectivity index (χ3v) is 3.40. The van der Waals surface area contributed by atoms with E-state index in [0.717, 1.165) is 12.0 Å². The van der Waals surface area contributed by atoms with Gasteiger partial charge in [-0.1, -0.05) is 6.92 Å². The van der Waals surface area contributed by atoms with Gasteiger partial charge in [0.15, 0.2) is 0 Å². The molecule has 2 aliphatic rings. The molecule has 1 heteroatoms.